The highest BCUT2D eigenvalue weighted by molar-refractivity contribution is 6.06. The van der Waals surface area contributed by atoms with E-state index in [1.54, 1.807) is 32.6 Å². The van der Waals surface area contributed by atoms with Crippen LogP contribution in [0.25, 0.3) is 0 Å². The highest BCUT2D eigenvalue weighted by Crippen LogP contribution is 2.64. The van der Waals surface area contributed by atoms with Crippen molar-refractivity contribution in [2.45, 2.75) is 87.0 Å². The van der Waals surface area contributed by atoms with Crippen LogP contribution in [0.4, 0.5) is 0 Å². The van der Waals surface area contributed by atoms with Crippen molar-refractivity contribution in [1.29, 1.82) is 0 Å². The molecule has 8 rings (SSSR count). The summed E-state index contributed by atoms with van der Waals surface area (Å²) in [7, 11) is 3.11. The van der Waals surface area contributed by atoms with Gasteiger partial charge in [-0.1, -0.05) is 6.07 Å². The number of hydrogen-bond acceptors (Lipinski definition) is 15. The van der Waals surface area contributed by atoms with Gasteiger partial charge in [0, 0.05) is 41.8 Å². The Morgan fingerprint density at radius 2 is 1.87 bits per heavy atom. The maximum absolute atomic E-state index is 12.6. The molecule has 286 valence electrons. The molecule has 16 heteroatoms. The number of quaternary nitrogens is 1. The zero-order valence-corrected chi connectivity index (χ0v) is 29.5. The molecule has 0 amide bonds. The maximum atomic E-state index is 12.6. The second-order valence-corrected chi connectivity index (χ2v) is 14.3. The average Bonchev–Trinajstić information content (AvgIpc) is 3.86. The van der Waals surface area contributed by atoms with Crippen molar-refractivity contribution in [3.8, 4) is 28.7 Å². The van der Waals surface area contributed by atoms with Gasteiger partial charge < -0.3 is 58.4 Å². The summed E-state index contributed by atoms with van der Waals surface area (Å²) >= 11 is 0. The molecule has 5 aliphatic heterocycles. The molecule has 5 heterocycles. The molecule has 1 spiro atoms. The summed E-state index contributed by atoms with van der Waals surface area (Å²) in [6.07, 6.45) is -2.36. The van der Waals surface area contributed by atoms with E-state index in [0.717, 1.165) is 32.9 Å². The van der Waals surface area contributed by atoms with Crippen LogP contribution in [0.2, 0.25) is 0 Å². The zero-order chi connectivity index (χ0) is 37.9. The van der Waals surface area contributed by atoms with Crippen molar-refractivity contribution in [1.82, 2.24) is 0 Å². The van der Waals surface area contributed by atoms with Gasteiger partial charge in [-0.2, -0.15) is 0 Å². The number of ketones is 1. The summed E-state index contributed by atoms with van der Waals surface area (Å²) in [5, 5.41) is 43.1. The van der Waals surface area contributed by atoms with Crippen molar-refractivity contribution in [3.05, 3.63) is 65.0 Å². The van der Waals surface area contributed by atoms with Crippen molar-refractivity contribution >= 4 is 23.4 Å². The van der Waals surface area contributed by atoms with E-state index in [2.05, 4.69) is 11.2 Å². The lowest BCUT2D eigenvalue weighted by Crippen LogP contribution is -3.05. The molecule has 54 heavy (non-hydrogen) atoms. The topological polar surface area (TPSA) is 216 Å². The van der Waals surface area contributed by atoms with Crippen molar-refractivity contribution < 1.29 is 72.9 Å². The second-order valence-electron chi connectivity index (χ2n) is 14.3. The quantitative estimate of drug-likeness (QED) is 0.175. The van der Waals surface area contributed by atoms with E-state index in [-0.39, 0.29) is 17.5 Å². The fourth-order valence-corrected chi connectivity index (χ4v) is 8.48. The molecule has 16 nitrogen and oxygen atoms in total. The molecule has 8 atom stereocenters. The molecule has 1 saturated carbocycles. The third-order valence-electron chi connectivity index (χ3n) is 11.0. The highest BCUT2D eigenvalue weighted by atomic mass is 16.7. The molecule has 0 aromatic heterocycles. The van der Waals surface area contributed by atoms with Gasteiger partial charge in [0.15, 0.2) is 11.5 Å². The van der Waals surface area contributed by atoms with Crippen LogP contribution in [0, 0.1) is 0 Å². The fourth-order valence-electron chi connectivity index (χ4n) is 8.48. The summed E-state index contributed by atoms with van der Waals surface area (Å²) in [5.41, 5.74) is 3.59. The molecule has 2 aromatic carbocycles. The number of aliphatic hydroxyl groups excluding tert-OH is 3. The van der Waals surface area contributed by atoms with Crippen LogP contribution >= 0.6 is 0 Å². The Morgan fingerprint density at radius 3 is 2.59 bits per heavy atom. The molecule has 2 fully saturated rings. The van der Waals surface area contributed by atoms with Gasteiger partial charge in [-0.15, -0.1) is 0 Å². The first kappa shape index (κ1) is 36.0. The van der Waals surface area contributed by atoms with Crippen LogP contribution < -0.4 is 33.7 Å². The Morgan fingerprint density at radius 1 is 1.07 bits per heavy atom. The number of ether oxygens (including phenoxy) is 7. The van der Waals surface area contributed by atoms with Crippen LogP contribution in [0.5, 0.6) is 28.7 Å². The lowest BCUT2D eigenvalue weighted by atomic mass is 9.67. The number of carboxylic acids is 1. The average molecular weight is 749 g/mol. The molecule has 1 saturated heterocycles. The Kier molecular flexibility index (Phi) is 9.34. The number of rotatable bonds is 10. The van der Waals surface area contributed by atoms with Crippen molar-refractivity contribution in [3.63, 3.8) is 0 Å². The molecule has 8 unspecified atom stereocenters. The lowest BCUT2D eigenvalue weighted by Gasteiger charge is -2.48. The number of nitrogens with zero attached hydrogens (tertiary/aromatic N) is 1. The summed E-state index contributed by atoms with van der Waals surface area (Å²) in [5.74, 6) is -0.807. The van der Waals surface area contributed by atoms with E-state index >= 15 is 0 Å². The number of carbonyl (C=O) groups is 3. The van der Waals surface area contributed by atoms with Gasteiger partial charge >= 0.3 is 5.97 Å². The van der Waals surface area contributed by atoms with Gasteiger partial charge in [0.25, 0.3) is 0 Å². The predicted octanol–water partition coefficient (Wildman–Crippen LogP) is -0.684. The highest BCUT2D eigenvalue weighted by Gasteiger charge is 2.58. The van der Waals surface area contributed by atoms with E-state index in [4.69, 9.17) is 33.2 Å². The number of aliphatic hydroxyl groups is 3. The van der Waals surface area contributed by atoms with Crippen molar-refractivity contribution in [2.75, 3.05) is 27.4 Å². The number of carbonyl (C=O) groups excluding carboxylic acids is 3. The lowest BCUT2D eigenvalue weighted by molar-refractivity contribution is -0.848. The molecular formula is C38H40N2O14. The first-order valence-electron chi connectivity index (χ1n) is 17.8. The smallest absolute Gasteiger partial charge is 0.311 e. The van der Waals surface area contributed by atoms with Gasteiger partial charge in [-0.3, -0.25) is 19.5 Å². The number of nitrogens with one attached hydrogen (secondary N) is 1. The van der Waals surface area contributed by atoms with Gasteiger partial charge in [-0.05, 0) is 31.1 Å². The molecule has 4 N–H and O–H groups in total. The van der Waals surface area contributed by atoms with E-state index in [9.17, 15) is 34.8 Å². The Labute approximate surface area is 309 Å². The van der Waals surface area contributed by atoms with E-state index in [0.29, 0.717) is 61.8 Å². The minimum atomic E-state index is -1.77. The summed E-state index contributed by atoms with van der Waals surface area (Å²) in [4.78, 5) is 40.8. The minimum Gasteiger partial charge on any atom is -0.550 e. The SMILES string of the molecule is COc1ccc2c(c1OC)OC1c3c(C[NH+]4C=C5C=CN=C5C4)cc(OC4OC(COC(=O)CC(=O)[O-])C(O)C(O)C4O)cc3OC3(CCC(=O)CC3)C21. The summed E-state index contributed by atoms with van der Waals surface area (Å²) in [6.45, 7) is 0.444. The van der Waals surface area contributed by atoms with E-state index in [1.165, 1.54) is 0 Å². The molecule has 1 aliphatic carbocycles. The number of aliphatic carboxylic acids is 1. The monoisotopic (exact) mass is 748 g/mol. The van der Waals surface area contributed by atoms with Crippen LogP contribution in [-0.2, 0) is 30.4 Å². The summed E-state index contributed by atoms with van der Waals surface area (Å²) < 4.78 is 42.3. The van der Waals surface area contributed by atoms with Crippen LogP contribution in [-0.4, -0.2) is 102 Å². The standard InChI is InChI=1S/C38H40N2O14/c1-48-24-4-3-22-30-36(53-34(22)35(24)49-2)29-19(15-40-14-18-7-10-39-23(18)16-40)11-21(12-25(29)54-38(30)8-5-20(41)6-9-38)51-37-33(47)32(46)31(45)26(52-37)17-50-28(44)13-27(42)43/h3-4,7,10-12,14,26,30-33,36-37,45-47H,5-6,8-9,13,15-17H2,1-2H3,(H,42,43). The maximum Gasteiger partial charge on any atom is 0.311 e. The molecule has 0 radical (unpaired) electrons. The number of carboxylic acid groups (broad SMARTS) is 1. The number of fused-ring (bicyclic) bond motifs is 7. The Hall–Kier alpha value is -5.00. The number of hydrogen-bond donors (Lipinski definition) is 4. The first-order valence-corrected chi connectivity index (χ1v) is 17.8. The van der Waals surface area contributed by atoms with Gasteiger partial charge in [-0.25, -0.2) is 0 Å². The Bertz CT molecular complexity index is 1960. The normalized spacial score (nSPS) is 29.8. The third kappa shape index (κ3) is 6.26. The number of methoxy groups -OCH3 is 2. The largest absolute Gasteiger partial charge is 0.550 e. The molecule has 2 aromatic rings. The van der Waals surface area contributed by atoms with Crippen LogP contribution in [0.1, 0.15) is 60.8 Å². The van der Waals surface area contributed by atoms with Crippen LogP contribution in [0.15, 0.2) is 53.3 Å². The molecule has 6 aliphatic rings. The number of aliphatic imine (C=N–C) groups is 1. The molecule has 0 bridgehead atoms. The molecular weight excluding hydrogens is 708 g/mol. The van der Waals surface area contributed by atoms with Crippen LogP contribution in [0.3, 0.4) is 0 Å². The fraction of sp³-hybridized carbons (Fsp3) is 0.474. The zero-order valence-electron chi connectivity index (χ0n) is 29.5. The van der Waals surface area contributed by atoms with E-state index in [1.807, 2.05) is 18.2 Å². The Balaban J connectivity index is 1.18. The number of Topliss-reactive ketones (excluding diaryl/α,β-unsaturated/α-hetero) is 1. The van der Waals surface area contributed by atoms with Gasteiger partial charge in [0.2, 0.25) is 12.0 Å². The van der Waals surface area contributed by atoms with Gasteiger partial charge in [0.1, 0.15) is 85.0 Å². The van der Waals surface area contributed by atoms with E-state index < -0.39 is 67.4 Å². The minimum absolute atomic E-state index is 0.146. The second kappa shape index (κ2) is 14.0. The third-order valence-corrected chi connectivity index (χ3v) is 11.0. The predicted molar refractivity (Wildman–Crippen MR) is 181 cm³/mol. The summed E-state index contributed by atoms with van der Waals surface area (Å²) in [6, 6.07) is 7.23. The van der Waals surface area contributed by atoms with Gasteiger partial charge in [0.05, 0.1) is 38.1 Å². The number of allylic oxidation sites excluding steroid dienone is 1. The van der Waals surface area contributed by atoms with Crippen molar-refractivity contribution in [2.24, 2.45) is 4.99 Å². The number of esters is 1. The first-order chi connectivity index (χ1) is 26.0. The number of benzene rings is 2.